The third-order valence-electron chi connectivity index (χ3n) is 4.19. The number of nitroso groups, excluding NO2 is 1. The van der Waals surface area contributed by atoms with Crippen molar-refractivity contribution < 1.29 is 13.9 Å². The molecule has 0 saturated heterocycles. The van der Waals surface area contributed by atoms with Crippen molar-refractivity contribution >= 4 is 17.4 Å². The van der Waals surface area contributed by atoms with Crippen LogP contribution in [0.3, 0.4) is 0 Å². The maximum absolute atomic E-state index is 10.9. The Bertz CT molecular complexity index is 969. The third-order valence-corrected chi connectivity index (χ3v) is 4.19. The van der Waals surface area contributed by atoms with E-state index in [4.69, 9.17) is 13.9 Å². The van der Waals surface area contributed by atoms with Crippen LogP contribution in [0.1, 0.15) is 36.8 Å². The van der Waals surface area contributed by atoms with Gasteiger partial charge in [0.15, 0.2) is 6.61 Å². The van der Waals surface area contributed by atoms with Gasteiger partial charge in [0.2, 0.25) is 0 Å². The van der Waals surface area contributed by atoms with Gasteiger partial charge in [0.25, 0.3) is 5.89 Å². The van der Waals surface area contributed by atoms with E-state index in [9.17, 15) is 4.91 Å². The molecule has 0 aliphatic heterocycles. The molecule has 8 nitrogen and oxygen atoms in total. The second-order valence-electron chi connectivity index (χ2n) is 6.57. The van der Waals surface area contributed by atoms with Crippen LogP contribution in [0, 0.1) is 11.8 Å². The topological polar surface area (TPSA) is 98.8 Å². The Morgan fingerprint density at radius 3 is 2.75 bits per heavy atom. The van der Waals surface area contributed by atoms with Gasteiger partial charge in [0.05, 0.1) is 7.11 Å². The quantitative estimate of drug-likeness (QED) is 0.532. The largest absolute Gasteiger partial charge is 0.497 e. The molecule has 1 N–H and O–H groups in total. The highest BCUT2D eigenvalue weighted by Gasteiger charge is 2.14. The fourth-order valence-corrected chi connectivity index (χ4v) is 2.69. The first-order valence-electron chi connectivity index (χ1n) is 8.84. The summed E-state index contributed by atoms with van der Waals surface area (Å²) in [7, 11) is 1.60. The van der Waals surface area contributed by atoms with Gasteiger partial charge < -0.3 is 19.2 Å². The molecule has 2 aromatic carbocycles. The molecular formula is C20H22N4O4. The maximum Gasteiger partial charge on any atom is 0.320 e. The third kappa shape index (κ3) is 4.46. The summed E-state index contributed by atoms with van der Waals surface area (Å²) >= 11 is 0. The number of anilines is 2. The number of hydrogen-bond acceptors (Lipinski definition) is 8. The van der Waals surface area contributed by atoms with Crippen LogP contribution >= 0.6 is 0 Å². The number of aryl methyl sites for hydroxylation is 1. The average molecular weight is 382 g/mol. The van der Waals surface area contributed by atoms with Crippen LogP contribution in [0.2, 0.25) is 0 Å². The van der Waals surface area contributed by atoms with E-state index in [1.807, 2.05) is 45.0 Å². The first-order chi connectivity index (χ1) is 13.5. The summed E-state index contributed by atoms with van der Waals surface area (Å²) in [6, 6.07) is 11.2. The van der Waals surface area contributed by atoms with Crippen LogP contribution < -0.4 is 14.8 Å². The van der Waals surface area contributed by atoms with E-state index in [2.05, 4.69) is 20.7 Å². The number of ether oxygens (including phenoxy) is 2. The van der Waals surface area contributed by atoms with E-state index in [0.29, 0.717) is 17.3 Å². The number of methoxy groups -OCH3 is 1. The van der Waals surface area contributed by atoms with Crippen LogP contribution in [0.15, 0.2) is 46.0 Å². The average Bonchev–Trinajstić information content (AvgIpc) is 3.13. The molecule has 0 fully saturated rings. The van der Waals surface area contributed by atoms with Crippen LogP contribution in [-0.4, -0.2) is 17.3 Å². The van der Waals surface area contributed by atoms with Gasteiger partial charge in [-0.15, -0.1) is 10.0 Å². The van der Waals surface area contributed by atoms with Crippen molar-refractivity contribution in [2.75, 3.05) is 12.4 Å². The summed E-state index contributed by atoms with van der Waals surface area (Å²) in [6.07, 6.45) is 0. The normalized spacial score (nSPS) is 10.8. The Morgan fingerprint density at radius 1 is 1.21 bits per heavy atom. The smallest absolute Gasteiger partial charge is 0.320 e. The van der Waals surface area contributed by atoms with E-state index in [1.54, 1.807) is 19.2 Å². The van der Waals surface area contributed by atoms with Crippen LogP contribution in [0.4, 0.5) is 17.4 Å². The number of benzene rings is 2. The molecule has 0 bridgehead atoms. The zero-order valence-electron chi connectivity index (χ0n) is 16.2. The molecule has 28 heavy (non-hydrogen) atoms. The summed E-state index contributed by atoms with van der Waals surface area (Å²) < 4.78 is 16.7. The molecule has 0 unspecified atom stereocenters. The highest BCUT2D eigenvalue weighted by atomic mass is 16.5. The number of aromatic nitrogens is 2. The van der Waals surface area contributed by atoms with Gasteiger partial charge in [-0.05, 0) is 53.4 Å². The van der Waals surface area contributed by atoms with Gasteiger partial charge in [-0.25, -0.2) is 0 Å². The van der Waals surface area contributed by atoms with E-state index in [1.165, 1.54) is 0 Å². The predicted molar refractivity (Wildman–Crippen MR) is 106 cm³/mol. The molecular weight excluding hydrogens is 360 g/mol. The van der Waals surface area contributed by atoms with E-state index < -0.39 is 0 Å². The van der Waals surface area contributed by atoms with Gasteiger partial charge in [0.1, 0.15) is 17.2 Å². The first-order valence-corrected chi connectivity index (χ1v) is 8.84. The van der Waals surface area contributed by atoms with Gasteiger partial charge in [-0.2, -0.15) is 0 Å². The Hall–Kier alpha value is -3.42. The Kier molecular flexibility index (Phi) is 5.88. The molecule has 8 heteroatoms. The second-order valence-corrected chi connectivity index (χ2v) is 6.57. The first kappa shape index (κ1) is 19.3. The molecule has 0 saturated carbocycles. The Balaban J connectivity index is 1.70. The molecule has 3 aromatic rings. The van der Waals surface area contributed by atoms with Gasteiger partial charge in [0, 0.05) is 11.8 Å². The monoisotopic (exact) mass is 382 g/mol. The number of hydrogen-bond donors (Lipinski definition) is 1. The second kappa shape index (κ2) is 8.51. The molecule has 0 aliphatic rings. The molecule has 146 valence electrons. The van der Waals surface area contributed by atoms with Crippen molar-refractivity contribution in [3.63, 3.8) is 0 Å². The SMILES string of the molecule is COc1cccc(Nc2nnc(COc3cc(C)c(N=O)cc3C(C)C)o2)c1. The summed E-state index contributed by atoms with van der Waals surface area (Å²) in [5.74, 6) is 1.89. The fourth-order valence-electron chi connectivity index (χ4n) is 2.69. The highest BCUT2D eigenvalue weighted by Crippen LogP contribution is 2.34. The van der Waals surface area contributed by atoms with Crippen molar-refractivity contribution in [3.05, 3.63) is 58.3 Å². The Morgan fingerprint density at radius 2 is 2.04 bits per heavy atom. The van der Waals surface area contributed by atoms with Gasteiger partial charge in [-0.3, -0.25) is 0 Å². The molecule has 0 amide bonds. The number of rotatable bonds is 8. The summed E-state index contributed by atoms with van der Waals surface area (Å²) in [5, 5.41) is 14.1. The van der Waals surface area contributed by atoms with Crippen molar-refractivity contribution in [1.82, 2.24) is 10.2 Å². The van der Waals surface area contributed by atoms with Crippen LogP contribution in [-0.2, 0) is 6.61 Å². The predicted octanol–water partition coefficient (Wildman–Crippen LogP) is 5.23. The lowest BCUT2D eigenvalue weighted by Crippen LogP contribution is -2.01. The minimum atomic E-state index is 0.111. The standard InChI is InChI=1S/C20H22N4O4/c1-12(2)16-10-17(24-25)13(3)8-18(16)27-11-19-22-23-20(28-19)21-14-6-5-7-15(9-14)26-4/h5-10,12H,11H2,1-4H3,(H,21,23). The molecule has 0 atom stereocenters. The van der Waals surface area contributed by atoms with E-state index >= 15 is 0 Å². The molecule has 0 spiro atoms. The van der Waals surface area contributed by atoms with Gasteiger partial charge in [-0.1, -0.05) is 25.0 Å². The lowest BCUT2D eigenvalue weighted by atomic mass is 9.99. The lowest BCUT2D eigenvalue weighted by molar-refractivity contribution is 0.261. The van der Waals surface area contributed by atoms with E-state index in [-0.39, 0.29) is 18.5 Å². The zero-order chi connectivity index (χ0) is 20.1. The minimum absolute atomic E-state index is 0.111. The van der Waals surface area contributed by atoms with Gasteiger partial charge >= 0.3 is 6.01 Å². The zero-order valence-corrected chi connectivity index (χ0v) is 16.2. The van der Waals surface area contributed by atoms with Crippen molar-refractivity contribution in [2.24, 2.45) is 5.18 Å². The molecule has 1 heterocycles. The minimum Gasteiger partial charge on any atom is -0.497 e. The molecule has 3 rings (SSSR count). The summed E-state index contributed by atoms with van der Waals surface area (Å²) in [5.41, 5.74) is 2.83. The number of nitrogens with zero attached hydrogens (tertiary/aromatic N) is 3. The molecule has 0 aliphatic carbocycles. The maximum atomic E-state index is 10.9. The van der Waals surface area contributed by atoms with Crippen LogP contribution in [0.25, 0.3) is 0 Å². The fraction of sp³-hybridized carbons (Fsp3) is 0.300. The van der Waals surface area contributed by atoms with Crippen molar-refractivity contribution in [3.8, 4) is 11.5 Å². The molecule has 1 aromatic heterocycles. The molecule has 0 radical (unpaired) electrons. The lowest BCUT2D eigenvalue weighted by Gasteiger charge is -2.14. The number of nitrogens with one attached hydrogen (secondary N) is 1. The summed E-state index contributed by atoms with van der Waals surface area (Å²) in [6.45, 7) is 5.97. The Labute approximate surface area is 162 Å². The van der Waals surface area contributed by atoms with Crippen LogP contribution in [0.5, 0.6) is 11.5 Å². The highest BCUT2D eigenvalue weighted by molar-refractivity contribution is 5.55. The summed E-state index contributed by atoms with van der Waals surface area (Å²) in [4.78, 5) is 10.9. The van der Waals surface area contributed by atoms with E-state index in [0.717, 1.165) is 22.6 Å². The van der Waals surface area contributed by atoms with Crippen molar-refractivity contribution in [2.45, 2.75) is 33.3 Å². The van der Waals surface area contributed by atoms with Crippen molar-refractivity contribution in [1.29, 1.82) is 0 Å².